The summed E-state index contributed by atoms with van der Waals surface area (Å²) in [5, 5.41) is 18.7. The molecule has 7 heteroatoms. The van der Waals surface area contributed by atoms with Crippen molar-refractivity contribution in [3.8, 4) is 0 Å². The first-order chi connectivity index (χ1) is 13.4. The second-order valence-electron chi connectivity index (χ2n) is 5.50. The average molecular weight is 377 g/mol. The van der Waals surface area contributed by atoms with E-state index in [0.29, 0.717) is 11.1 Å². The van der Waals surface area contributed by atoms with Crippen molar-refractivity contribution < 1.29 is 24.4 Å². The maximum Gasteiger partial charge on any atom is 0.335 e. The molecule has 0 aliphatic carbocycles. The first kappa shape index (κ1) is 20.2. The maximum atomic E-state index is 11.8. The van der Waals surface area contributed by atoms with Crippen molar-refractivity contribution in [2.75, 3.05) is 0 Å². The van der Waals surface area contributed by atoms with Crippen LogP contribution in [0.2, 0.25) is 0 Å². The van der Waals surface area contributed by atoms with E-state index in [9.17, 15) is 24.5 Å². The van der Waals surface area contributed by atoms with Gasteiger partial charge in [0.05, 0.1) is 10.5 Å². The first-order valence-electron chi connectivity index (χ1n) is 8.07. The molecule has 0 spiro atoms. The molecule has 0 amide bonds. The predicted molar refractivity (Wildman–Crippen MR) is 102 cm³/mol. The van der Waals surface area contributed by atoms with Crippen molar-refractivity contribution in [3.05, 3.63) is 112 Å². The van der Waals surface area contributed by atoms with Gasteiger partial charge >= 0.3 is 5.97 Å². The molecule has 0 aromatic heterocycles. The summed E-state index contributed by atoms with van der Waals surface area (Å²) in [5.74, 6) is -2.10. The zero-order chi connectivity index (χ0) is 20.5. The number of benzene rings is 3. The van der Waals surface area contributed by atoms with Crippen LogP contribution in [-0.2, 0) is 0 Å². The van der Waals surface area contributed by atoms with E-state index in [-0.39, 0.29) is 11.3 Å². The molecule has 0 aliphatic heterocycles. The highest BCUT2D eigenvalue weighted by Crippen LogP contribution is 2.12. The van der Waals surface area contributed by atoms with Gasteiger partial charge in [0, 0.05) is 23.3 Å². The Hall–Kier alpha value is -4.13. The fourth-order valence-electron chi connectivity index (χ4n) is 2.19. The van der Waals surface area contributed by atoms with E-state index in [1.807, 2.05) is 12.1 Å². The molecule has 28 heavy (non-hydrogen) atoms. The van der Waals surface area contributed by atoms with Crippen LogP contribution in [0.1, 0.15) is 31.1 Å². The maximum absolute atomic E-state index is 11.8. The minimum atomic E-state index is -1.17. The molecule has 0 heterocycles. The number of carbonyl (C=O) groups is 3. The number of nitrogens with zero attached hydrogens (tertiary/aromatic N) is 1. The summed E-state index contributed by atoms with van der Waals surface area (Å²) in [6.45, 7) is 0. The Morgan fingerprint density at radius 3 is 1.50 bits per heavy atom. The number of ketones is 2. The van der Waals surface area contributed by atoms with Gasteiger partial charge in [0.2, 0.25) is 11.6 Å². The summed E-state index contributed by atoms with van der Waals surface area (Å²) in [7, 11) is 0. The van der Waals surface area contributed by atoms with Gasteiger partial charge in [0.1, 0.15) is 0 Å². The van der Waals surface area contributed by atoms with Crippen molar-refractivity contribution in [1.29, 1.82) is 0 Å². The SMILES string of the molecule is O=C(C(=O)c1ccccc1)c1ccccc1.O=C(O)c1cccc([N+](=O)[O-])c1. The average Bonchev–Trinajstić information content (AvgIpc) is 2.74. The number of carbonyl (C=O) groups excluding carboxylic acids is 2. The zero-order valence-electron chi connectivity index (χ0n) is 14.5. The number of Topliss-reactive ketones (excluding diaryl/α,β-unsaturated/α-hetero) is 2. The van der Waals surface area contributed by atoms with Crippen LogP contribution >= 0.6 is 0 Å². The summed E-state index contributed by atoms with van der Waals surface area (Å²) in [4.78, 5) is 43.5. The summed E-state index contributed by atoms with van der Waals surface area (Å²) in [6, 6.07) is 22.0. The Balaban J connectivity index is 0.000000209. The van der Waals surface area contributed by atoms with E-state index < -0.39 is 22.5 Å². The molecular weight excluding hydrogens is 362 g/mol. The van der Waals surface area contributed by atoms with Gasteiger partial charge in [-0.2, -0.15) is 0 Å². The Bertz CT molecular complexity index is 921. The molecule has 0 fully saturated rings. The van der Waals surface area contributed by atoms with E-state index in [4.69, 9.17) is 5.11 Å². The van der Waals surface area contributed by atoms with Gasteiger partial charge < -0.3 is 5.11 Å². The normalized spacial score (nSPS) is 9.57. The van der Waals surface area contributed by atoms with Crippen molar-refractivity contribution >= 4 is 23.2 Å². The van der Waals surface area contributed by atoms with Crippen LogP contribution in [0.25, 0.3) is 0 Å². The van der Waals surface area contributed by atoms with Crippen molar-refractivity contribution in [2.45, 2.75) is 0 Å². The topological polar surface area (TPSA) is 115 Å². The first-order valence-corrected chi connectivity index (χ1v) is 8.07. The second-order valence-corrected chi connectivity index (χ2v) is 5.50. The molecule has 0 atom stereocenters. The molecule has 140 valence electrons. The second kappa shape index (κ2) is 9.54. The quantitative estimate of drug-likeness (QED) is 0.310. The van der Waals surface area contributed by atoms with Crippen molar-refractivity contribution in [1.82, 2.24) is 0 Å². The number of non-ortho nitro benzene ring substituents is 1. The highest BCUT2D eigenvalue weighted by atomic mass is 16.6. The van der Waals surface area contributed by atoms with Gasteiger partial charge in [-0.25, -0.2) is 4.79 Å². The van der Waals surface area contributed by atoms with E-state index in [1.165, 1.54) is 18.2 Å². The standard InChI is InChI=1S/C14H10O2.C7H5NO4/c15-13(11-7-3-1-4-8-11)14(16)12-9-5-2-6-10-12;9-7(10)5-2-1-3-6(4-5)8(11)12/h1-10H;1-4H,(H,9,10). The summed E-state index contributed by atoms with van der Waals surface area (Å²) in [5.41, 5.74) is 0.562. The Morgan fingerprint density at radius 2 is 1.11 bits per heavy atom. The van der Waals surface area contributed by atoms with E-state index in [0.717, 1.165) is 6.07 Å². The summed E-state index contributed by atoms with van der Waals surface area (Å²) in [6.07, 6.45) is 0. The van der Waals surface area contributed by atoms with Gasteiger partial charge in [-0.05, 0) is 6.07 Å². The van der Waals surface area contributed by atoms with Crippen molar-refractivity contribution in [3.63, 3.8) is 0 Å². The highest BCUT2D eigenvalue weighted by Gasteiger charge is 2.17. The molecule has 0 unspecified atom stereocenters. The molecule has 0 bridgehead atoms. The predicted octanol–water partition coefficient (Wildman–Crippen LogP) is 4.05. The molecule has 1 N–H and O–H groups in total. The summed E-state index contributed by atoms with van der Waals surface area (Å²) >= 11 is 0. The lowest BCUT2D eigenvalue weighted by Gasteiger charge is -1.99. The zero-order valence-corrected chi connectivity index (χ0v) is 14.5. The lowest BCUT2D eigenvalue weighted by molar-refractivity contribution is -0.384. The number of rotatable bonds is 5. The Morgan fingerprint density at radius 1 is 0.679 bits per heavy atom. The molecule has 3 aromatic rings. The molecule has 0 saturated carbocycles. The third kappa shape index (κ3) is 5.43. The van der Waals surface area contributed by atoms with Crippen LogP contribution in [0.3, 0.4) is 0 Å². The number of nitro benzene ring substituents is 1. The number of hydrogen-bond donors (Lipinski definition) is 1. The molecule has 3 rings (SSSR count). The smallest absolute Gasteiger partial charge is 0.335 e. The van der Waals surface area contributed by atoms with Crippen LogP contribution in [0.4, 0.5) is 5.69 Å². The molecule has 0 saturated heterocycles. The fourth-order valence-corrected chi connectivity index (χ4v) is 2.19. The largest absolute Gasteiger partial charge is 0.478 e. The molecule has 0 aliphatic rings. The number of nitro groups is 1. The number of hydrogen-bond acceptors (Lipinski definition) is 5. The van der Waals surface area contributed by atoms with Gasteiger partial charge in [-0.15, -0.1) is 0 Å². The minimum absolute atomic E-state index is 0.0794. The van der Waals surface area contributed by atoms with Gasteiger partial charge in [0.25, 0.3) is 5.69 Å². The minimum Gasteiger partial charge on any atom is -0.478 e. The van der Waals surface area contributed by atoms with Crippen LogP contribution in [0.15, 0.2) is 84.9 Å². The lowest BCUT2D eigenvalue weighted by atomic mass is 10.0. The number of aromatic carboxylic acids is 1. The number of carboxylic acid groups (broad SMARTS) is 1. The van der Waals surface area contributed by atoms with E-state index >= 15 is 0 Å². The third-order valence-corrected chi connectivity index (χ3v) is 3.58. The van der Waals surface area contributed by atoms with E-state index in [1.54, 1.807) is 48.5 Å². The van der Waals surface area contributed by atoms with Crippen LogP contribution < -0.4 is 0 Å². The lowest BCUT2D eigenvalue weighted by Crippen LogP contribution is -2.14. The third-order valence-electron chi connectivity index (χ3n) is 3.58. The Labute approximate surface area is 160 Å². The molecule has 7 nitrogen and oxygen atoms in total. The Kier molecular flexibility index (Phi) is 6.87. The van der Waals surface area contributed by atoms with E-state index in [2.05, 4.69) is 0 Å². The van der Waals surface area contributed by atoms with Crippen LogP contribution in [-0.4, -0.2) is 27.6 Å². The highest BCUT2D eigenvalue weighted by molar-refractivity contribution is 6.49. The van der Waals surface area contributed by atoms with Crippen molar-refractivity contribution in [2.24, 2.45) is 0 Å². The fraction of sp³-hybridized carbons (Fsp3) is 0. The summed E-state index contributed by atoms with van der Waals surface area (Å²) < 4.78 is 0. The van der Waals surface area contributed by atoms with Gasteiger partial charge in [-0.3, -0.25) is 19.7 Å². The van der Waals surface area contributed by atoms with Gasteiger partial charge in [0.15, 0.2) is 0 Å². The number of carboxylic acids is 1. The molecule has 3 aromatic carbocycles. The van der Waals surface area contributed by atoms with Gasteiger partial charge in [-0.1, -0.05) is 66.7 Å². The molecule has 0 radical (unpaired) electrons. The monoisotopic (exact) mass is 377 g/mol. The van der Waals surface area contributed by atoms with Crippen LogP contribution in [0, 0.1) is 10.1 Å². The van der Waals surface area contributed by atoms with Crippen LogP contribution in [0.5, 0.6) is 0 Å². The molecular formula is C21H15NO6.